The average Bonchev–Trinajstić information content (AvgIpc) is 2.98. The van der Waals surface area contributed by atoms with Crippen LogP contribution >= 0.6 is 0 Å². The maximum Gasteiger partial charge on any atom is 0.274 e. The first-order chi connectivity index (χ1) is 13.6. The fourth-order valence-electron chi connectivity index (χ4n) is 3.31. The highest BCUT2D eigenvalue weighted by Gasteiger charge is 2.34. The number of carbonyl (C=O) groups excluding carboxylic acids is 3. The Hall–Kier alpha value is -3.03. The topological polar surface area (TPSA) is 84.9 Å². The first-order valence-corrected chi connectivity index (χ1v) is 9.25. The van der Waals surface area contributed by atoms with Gasteiger partial charge in [0.25, 0.3) is 17.7 Å². The monoisotopic (exact) mass is 380 g/mol. The predicted molar refractivity (Wildman–Crippen MR) is 99.2 cm³/mol. The van der Waals surface area contributed by atoms with E-state index in [0.29, 0.717) is 23.3 Å². The van der Waals surface area contributed by atoms with Crippen molar-refractivity contribution in [1.82, 2.24) is 10.4 Å². The minimum atomic E-state index is -0.411. The number of fused-ring (bicyclic) bond motifs is 1. The van der Waals surface area contributed by atoms with Gasteiger partial charge in [-0.15, -0.1) is 0 Å². The molecule has 1 saturated heterocycles. The maximum atomic E-state index is 12.4. The van der Waals surface area contributed by atoms with Crippen LogP contribution in [0.5, 0.6) is 0 Å². The number of hydrogen-bond acceptors (Lipinski definition) is 5. The Bertz CT molecular complexity index is 868. The minimum absolute atomic E-state index is 0.153. The molecule has 3 amide bonds. The molecule has 7 nitrogen and oxygen atoms in total. The lowest BCUT2D eigenvalue weighted by Gasteiger charge is -2.22. The summed E-state index contributed by atoms with van der Waals surface area (Å²) in [5, 5.41) is 0. The molecule has 1 N–H and O–H groups in total. The van der Waals surface area contributed by atoms with E-state index in [2.05, 4.69) is 5.48 Å². The summed E-state index contributed by atoms with van der Waals surface area (Å²) < 4.78 is 5.40. The van der Waals surface area contributed by atoms with E-state index in [1.54, 1.807) is 48.5 Å². The maximum absolute atomic E-state index is 12.4. The van der Waals surface area contributed by atoms with E-state index in [4.69, 9.17) is 9.57 Å². The van der Waals surface area contributed by atoms with Gasteiger partial charge in [0.15, 0.2) is 6.29 Å². The molecule has 7 heteroatoms. The van der Waals surface area contributed by atoms with E-state index < -0.39 is 6.29 Å². The minimum Gasteiger partial charge on any atom is -0.350 e. The van der Waals surface area contributed by atoms with Gasteiger partial charge in [-0.2, -0.15) is 0 Å². The number of carbonyl (C=O) groups is 3. The van der Waals surface area contributed by atoms with Gasteiger partial charge in [0.05, 0.1) is 17.7 Å². The van der Waals surface area contributed by atoms with Crippen molar-refractivity contribution in [1.29, 1.82) is 0 Å². The zero-order valence-electron chi connectivity index (χ0n) is 15.2. The van der Waals surface area contributed by atoms with Gasteiger partial charge in [-0.1, -0.05) is 24.3 Å². The molecule has 0 radical (unpaired) electrons. The van der Waals surface area contributed by atoms with Crippen molar-refractivity contribution in [3.05, 3.63) is 70.8 Å². The van der Waals surface area contributed by atoms with E-state index in [1.807, 2.05) is 0 Å². The Morgan fingerprint density at radius 1 is 1.04 bits per heavy atom. The first-order valence-electron chi connectivity index (χ1n) is 9.25. The Morgan fingerprint density at radius 2 is 1.71 bits per heavy atom. The number of hydroxylamine groups is 1. The van der Waals surface area contributed by atoms with Crippen LogP contribution in [-0.4, -0.2) is 35.5 Å². The SMILES string of the molecule is O=C(NO[C@H]1CCCCO1)c1ccc(CN2C(=O)c3ccccc3C2=O)cc1. The molecule has 144 valence electrons. The third kappa shape index (κ3) is 3.67. The van der Waals surface area contributed by atoms with Crippen molar-refractivity contribution in [3.63, 3.8) is 0 Å². The van der Waals surface area contributed by atoms with Gasteiger partial charge in [-0.25, -0.2) is 10.3 Å². The molecule has 28 heavy (non-hydrogen) atoms. The molecule has 2 aromatic rings. The molecule has 2 aliphatic rings. The largest absolute Gasteiger partial charge is 0.350 e. The summed E-state index contributed by atoms with van der Waals surface area (Å²) in [7, 11) is 0. The molecular weight excluding hydrogens is 360 g/mol. The lowest BCUT2D eigenvalue weighted by molar-refractivity contribution is -0.186. The molecule has 0 spiro atoms. The van der Waals surface area contributed by atoms with Crippen molar-refractivity contribution in [2.75, 3.05) is 6.61 Å². The number of rotatable bonds is 5. The smallest absolute Gasteiger partial charge is 0.274 e. The van der Waals surface area contributed by atoms with Gasteiger partial charge in [-0.3, -0.25) is 19.3 Å². The van der Waals surface area contributed by atoms with Gasteiger partial charge >= 0.3 is 0 Å². The zero-order valence-corrected chi connectivity index (χ0v) is 15.2. The molecule has 0 unspecified atom stereocenters. The van der Waals surface area contributed by atoms with Gasteiger partial charge in [0.1, 0.15) is 0 Å². The van der Waals surface area contributed by atoms with Crippen molar-refractivity contribution in [3.8, 4) is 0 Å². The second-order valence-electron chi connectivity index (χ2n) is 6.78. The van der Waals surface area contributed by atoms with Gasteiger partial charge in [-0.05, 0) is 42.7 Å². The Balaban J connectivity index is 1.36. The highest BCUT2D eigenvalue weighted by Crippen LogP contribution is 2.24. The Labute approximate surface area is 162 Å². The van der Waals surface area contributed by atoms with Crippen LogP contribution in [0.15, 0.2) is 48.5 Å². The summed E-state index contributed by atoms with van der Waals surface area (Å²) >= 11 is 0. The molecule has 0 aromatic heterocycles. The van der Waals surface area contributed by atoms with Gasteiger partial charge < -0.3 is 4.74 Å². The van der Waals surface area contributed by atoms with Crippen LogP contribution in [0.4, 0.5) is 0 Å². The van der Waals surface area contributed by atoms with E-state index >= 15 is 0 Å². The molecule has 4 rings (SSSR count). The van der Waals surface area contributed by atoms with Crippen LogP contribution in [0, 0.1) is 0 Å². The van der Waals surface area contributed by atoms with Crippen LogP contribution < -0.4 is 5.48 Å². The van der Waals surface area contributed by atoms with Crippen molar-refractivity contribution in [2.45, 2.75) is 32.1 Å². The summed E-state index contributed by atoms with van der Waals surface area (Å²) in [5.41, 5.74) is 4.42. The number of benzene rings is 2. The number of nitrogens with zero attached hydrogens (tertiary/aromatic N) is 1. The van der Waals surface area contributed by atoms with E-state index in [0.717, 1.165) is 24.8 Å². The number of ether oxygens (including phenoxy) is 1. The Kier molecular flexibility index (Phi) is 5.18. The molecule has 0 saturated carbocycles. The first kappa shape index (κ1) is 18.3. The van der Waals surface area contributed by atoms with E-state index in [-0.39, 0.29) is 24.3 Å². The summed E-state index contributed by atoms with van der Waals surface area (Å²) in [5.74, 6) is -0.979. The predicted octanol–water partition coefficient (Wildman–Crippen LogP) is 2.67. The molecule has 1 fully saturated rings. The summed E-state index contributed by atoms with van der Waals surface area (Å²) in [6, 6.07) is 13.5. The van der Waals surface area contributed by atoms with Crippen molar-refractivity contribution >= 4 is 17.7 Å². The molecule has 2 aromatic carbocycles. The quantitative estimate of drug-likeness (QED) is 0.637. The Morgan fingerprint density at radius 3 is 2.32 bits per heavy atom. The van der Waals surface area contributed by atoms with Crippen LogP contribution in [0.25, 0.3) is 0 Å². The van der Waals surface area contributed by atoms with Crippen LogP contribution in [0.3, 0.4) is 0 Å². The molecule has 0 aliphatic carbocycles. The second kappa shape index (κ2) is 7.92. The average molecular weight is 380 g/mol. The molecule has 0 bridgehead atoms. The van der Waals surface area contributed by atoms with Crippen LogP contribution in [0.1, 0.15) is 55.9 Å². The van der Waals surface area contributed by atoms with Gasteiger partial charge in [0, 0.05) is 18.6 Å². The van der Waals surface area contributed by atoms with E-state index in [9.17, 15) is 14.4 Å². The number of nitrogens with one attached hydrogen (secondary N) is 1. The highest BCUT2D eigenvalue weighted by atomic mass is 16.8. The van der Waals surface area contributed by atoms with E-state index in [1.165, 1.54) is 4.90 Å². The summed E-state index contributed by atoms with van der Waals surface area (Å²) in [6.07, 6.45) is 2.35. The molecule has 1 atom stereocenters. The second-order valence-corrected chi connectivity index (χ2v) is 6.78. The summed E-state index contributed by atoms with van der Waals surface area (Å²) in [4.78, 5) is 43.5. The zero-order chi connectivity index (χ0) is 19.5. The van der Waals surface area contributed by atoms with Crippen molar-refractivity contribution < 1.29 is 24.0 Å². The number of hydrogen-bond donors (Lipinski definition) is 1. The normalized spacial score (nSPS) is 18.9. The lowest BCUT2D eigenvalue weighted by Crippen LogP contribution is -2.33. The van der Waals surface area contributed by atoms with Crippen molar-refractivity contribution in [2.24, 2.45) is 0 Å². The van der Waals surface area contributed by atoms with Crippen LogP contribution in [0.2, 0.25) is 0 Å². The molecular formula is C21H20N2O5. The number of amides is 3. The van der Waals surface area contributed by atoms with Gasteiger partial charge in [0.2, 0.25) is 0 Å². The fourth-order valence-corrected chi connectivity index (χ4v) is 3.31. The summed E-state index contributed by atoms with van der Waals surface area (Å²) in [6.45, 7) is 0.785. The molecule has 2 aliphatic heterocycles. The third-order valence-electron chi connectivity index (χ3n) is 4.86. The molecule has 2 heterocycles. The highest BCUT2D eigenvalue weighted by molar-refractivity contribution is 6.21. The lowest BCUT2D eigenvalue weighted by atomic mass is 10.1. The van der Waals surface area contributed by atoms with Crippen LogP contribution in [-0.2, 0) is 16.1 Å². The third-order valence-corrected chi connectivity index (χ3v) is 4.86. The number of imide groups is 1. The standard InChI is InChI=1S/C21H20N2O5/c24-19(22-28-18-7-3-4-12-27-18)15-10-8-14(9-11-15)13-23-20(25)16-5-1-2-6-17(16)21(23)26/h1-2,5-6,8-11,18H,3-4,7,12-13H2,(H,22,24)/t18-/m0/s1. The fraction of sp³-hybridized carbons (Fsp3) is 0.286.